The van der Waals surface area contributed by atoms with E-state index in [9.17, 15) is 58.5 Å². The van der Waals surface area contributed by atoms with Crippen molar-refractivity contribution in [3.8, 4) is 0 Å². The number of fused-ring (bicyclic) bond motifs is 1. The zero-order valence-electron chi connectivity index (χ0n) is 41.0. The predicted octanol–water partition coefficient (Wildman–Crippen LogP) is -3.15. The smallest absolute Gasteiger partial charge is 0.317 e. The Labute approximate surface area is 410 Å². The van der Waals surface area contributed by atoms with Crippen molar-refractivity contribution < 1.29 is 58.5 Å². The minimum atomic E-state index is -1.10. The van der Waals surface area contributed by atoms with Gasteiger partial charge in [-0.15, -0.1) is 0 Å². The van der Waals surface area contributed by atoms with Crippen LogP contribution in [0.3, 0.4) is 0 Å². The summed E-state index contributed by atoms with van der Waals surface area (Å²) >= 11 is 0. The van der Waals surface area contributed by atoms with Gasteiger partial charge >= 0.3 is 17.9 Å². The molecule has 3 rings (SSSR count). The van der Waals surface area contributed by atoms with E-state index < -0.39 is 65.6 Å². The van der Waals surface area contributed by atoms with Gasteiger partial charge in [-0.3, -0.25) is 73.5 Å². The maximum atomic E-state index is 13.7. The summed E-state index contributed by atoms with van der Waals surface area (Å²) < 4.78 is 0. The molecule has 0 saturated carbocycles. The van der Waals surface area contributed by atoms with E-state index in [1.165, 1.54) is 0 Å². The third-order valence-corrected chi connectivity index (χ3v) is 12.6. The topological polar surface area (TPSA) is 353 Å². The van der Waals surface area contributed by atoms with Crippen LogP contribution in [-0.2, 0) is 43.2 Å². The number of carboxylic acid groups (broad SMARTS) is 3. The Balaban J connectivity index is 1.73. The van der Waals surface area contributed by atoms with Gasteiger partial charge in [0.1, 0.15) is 6.04 Å². The Bertz CT molecular complexity index is 1740. The number of carboxylic acids is 3. The summed E-state index contributed by atoms with van der Waals surface area (Å²) in [5.41, 5.74) is 8.72. The second-order valence-electron chi connectivity index (χ2n) is 18.7. The minimum absolute atomic E-state index is 0.0654. The molecule has 0 radical (unpaired) electrons. The number of aliphatic carboxylic acids is 3. The first kappa shape index (κ1) is 59.1. The van der Waals surface area contributed by atoms with Crippen LogP contribution in [0.2, 0.25) is 0 Å². The molecule has 3 fully saturated rings. The van der Waals surface area contributed by atoms with Crippen molar-refractivity contribution in [1.29, 1.82) is 5.41 Å². The van der Waals surface area contributed by atoms with Crippen LogP contribution in [0, 0.1) is 11.3 Å². The van der Waals surface area contributed by atoms with E-state index in [0.29, 0.717) is 77.4 Å². The van der Waals surface area contributed by atoms with Crippen molar-refractivity contribution >= 4 is 58.9 Å². The van der Waals surface area contributed by atoms with Crippen molar-refractivity contribution in [1.82, 2.24) is 56.6 Å². The molecule has 3 aliphatic rings. The molecule has 0 spiro atoms. The van der Waals surface area contributed by atoms with E-state index in [-0.39, 0.29) is 128 Å². The fraction of sp³-hybridized carbons (Fsp3) is 0.778. The number of carbonyl (C=O) groups excluding carboxylic acids is 6. The first-order valence-corrected chi connectivity index (χ1v) is 24.7. The van der Waals surface area contributed by atoms with Gasteiger partial charge in [0, 0.05) is 85.0 Å². The molecule has 12 N–H and O–H groups in total. The Hall–Kier alpha value is -5.18. The van der Waals surface area contributed by atoms with Crippen LogP contribution in [0.4, 0.5) is 0 Å². The monoisotopic (exact) mass is 994 g/mol. The van der Waals surface area contributed by atoms with E-state index in [2.05, 4.69) is 32.0 Å². The molecular weight excluding hydrogens is 915 g/mol. The summed E-state index contributed by atoms with van der Waals surface area (Å²) in [4.78, 5) is 123. The molecule has 0 bridgehead atoms. The molecule has 1 unspecified atom stereocenters. The van der Waals surface area contributed by atoms with Crippen LogP contribution < -0.4 is 37.7 Å². The number of rotatable bonds is 16. The predicted molar refractivity (Wildman–Crippen MR) is 256 cm³/mol. The zero-order valence-corrected chi connectivity index (χ0v) is 41.0. The molecular formula is C45H79N13O12. The molecule has 4 atom stereocenters. The van der Waals surface area contributed by atoms with Crippen molar-refractivity contribution in [2.75, 3.05) is 111 Å². The highest BCUT2D eigenvalue weighted by molar-refractivity contribution is 6.38. The van der Waals surface area contributed by atoms with Gasteiger partial charge in [-0.25, -0.2) is 10.4 Å². The lowest BCUT2D eigenvalue weighted by atomic mass is 9.98. The average molecular weight is 994 g/mol. The second kappa shape index (κ2) is 31.9. The highest BCUT2D eigenvalue weighted by atomic mass is 16.4. The van der Waals surface area contributed by atoms with Gasteiger partial charge in [0.25, 0.3) is 5.91 Å². The lowest BCUT2D eigenvalue weighted by molar-refractivity contribution is -0.141. The summed E-state index contributed by atoms with van der Waals surface area (Å²) in [6, 6.07) is -3.25. The summed E-state index contributed by atoms with van der Waals surface area (Å²) in [5, 5.41) is 52.0. The number of nitrogens with two attached hydrogens (primary N) is 1. The normalized spacial score (nSPS) is 24.3. The van der Waals surface area contributed by atoms with Gasteiger partial charge in [0.2, 0.25) is 17.6 Å². The maximum Gasteiger partial charge on any atom is 0.317 e. The number of hydrogen-bond acceptors (Lipinski definition) is 17. The van der Waals surface area contributed by atoms with Gasteiger partial charge in [-0.05, 0) is 63.7 Å². The fourth-order valence-electron chi connectivity index (χ4n) is 8.67. The van der Waals surface area contributed by atoms with E-state index in [1.54, 1.807) is 38.5 Å². The SMILES string of the molecule is CC(C)[C@@H]1NC(=O)[C@@H]2CCCN2N[C@@H](CCCNC(=N)N)C(=O)CCCCCNC(=O)C(NCC(=O)CN2CCN(CC(=O)O)CCN(CC(=O)O)CCN(CC(=O)O)CC2)CCCCNC(=O)C1=O. The Morgan fingerprint density at radius 2 is 1.24 bits per heavy atom. The standard InChI is InChI=1S/C45H79N13O12/c1-31(2)40-41(67)44(70)49-15-7-5-10-34(42(68)48-14-6-3-4-13-36(60)33(11-8-16-50-45(46)47)53-58-17-9-12-35(58)43(69)52-40)51-26-32(59)27-54-18-20-55(28-37(61)62)22-24-57(30-39(65)66)25-23-56(21-19-54)29-38(63)64/h31,33-35,40,51,53H,3-30H2,1-2H3,(H,48,68)(H,49,70)(H,52,69)(H,61,62)(H,63,64)(H,65,66)(H4,46,47,50)/t33-,34?,35-,40-/m0/s1. The van der Waals surface area contributed by atoms with Gasteiger partial charge in [-0.2, -0.15) is 0 Å². The Morgan fingerprint density at radius 3 is 1.79 bits per heavy atom. The summed E-state index contributed by atoms with van der Waals surface area (Å²) in [6.45, 7) is 5.42. The molecule has 25 nitrogen and oxygen atoms in total. The highest BCUT2D eigenvalue weighted by Crippen LogP contribution is 2.19. The summed E-state index contributed by atoms with van der Waals surface area (Å²) in [7, 11) is 0. The number of Topliss-reactive ketones (excluding diaryl/α,β-unsaturated/α-hetero) is 3. The molecule has 0 aromatic rings. The summed E-state index contributed by atoms with van der Waals surface area (Å²) in [6.07, 6.45) is 5.12. The number of amides is 3. The highest BCUT2D eigenvalue weighted by Gasteiger charge is 2.37. The van der Waals surface area contributed by atoms with Gasteiger partial charge < -0.3 is 42.3 Å². The molecule has 3 amide bonds. The maximum absolute atomic E-state index is 13.7. The molecule has 0 aliphatic carbocycles. The minimum Gasteiger partial charge on any atom is -0.480 e. The Kier molecular flexibility index (Phi) is 27.0. The Morgan fingerprint density at radius 1 is 0.700 bits per heavy atom. The van der Waals surface area contributed by atoms with Crippen LogP contribution >= 0.6 is 0 Å². The molecule has 25 heteroatoms. The van der Waals surface area contributed by atoms with Crippen molar-refractivity contribution in [2.45, 2.75) is 109 Å². The fourth-order valence-corrected chi connectivity index (χ4v) is 8.67. The van der Waals surface area contributed by atoms with Crippen LogP contribution in [0.5, 0.6) is 0 Å². The van der Waals surface area contributed by atoms with Crippen LogP contribution in [0.25, 0.3) is 0 Å². The summed E-state index contributed by atoms with van der Waals surface area (Å²) in [5.74, 6) is -6.59. The van der Waals surface area contributed by atoms with Gasteiger partial charge in [0.05, 0.1) is 50.8 Å². The molecule has 0 aromatic heterocycles. The average Bonchev–Trinajstić information content (AvgIpc) is 3.76. The number of hydrazine groups is 1. The second-order valence-corrected chi connectivity index (χ2v) is 18.7. The number of ketones is 3. The van der Waals surface area contributed by atoms with E-state index in [1.807, 2.05) is 0 Å². The first-order valence-electron chi connectivity index (χ1n) is 24.7. The van der Waals surface area contributed by atoms with E-state index in [0.717, 1.165) is 0 Å². The van der Waals surface area contributed by atoms with Gasteiger partial charge in [-0.1, -0.05) is 20.3 Å². The molecule has 3 aliphatic heterocycles. The van der Waals surface area contributed by atoms with Crippen molar-refractivity contribution in [2.24, 2.45) is 11.7 Å². The van der Waals surface area contributed by atoms with Crippen LogP contribution in [0.15, 0.2) is 0 Å². The van der Waals surface area contributed by atoms with Crippen molar-refractivity contribution in [3.05, 3.63) is 0 Å². The van der Waals surface area contributed by atoms with E-state index >= 15 is 0 Å². The lowest BCUT2D eigenvalue weighted by Crippen LogP contribution is -2.58. The van der Waals surface area contributed by atoms with Crippen LogP contribution in [-0.4, -0.2) is 234 Å². The lowest BCUT2D eigenvalue weighted by Gasteiger charge is -2.33. The van der Waals surface area contributed by atoms with Crippen LogP contribution in [0.1, 0.15) is 84.5 Å². The quantitative estimate of drug-likeness (QED) is 0.0315. The zero-order chi connectivity index (χ0) is 51.6. The third-order valence-electron chi connectivity index (χ3n) is 12.6. The first-order chi connectivity index (χ1) is 33.3. The molecule has 3 saturated heterocycles. The largest absolute Gasteiger partial charge is 0.480 e. The molecule has 3 heterocycles. The number of hydrogen-bond donors (Lipinski definition) is 11. The third kappa shape index (κ3) is 23.2. The van der Waals surface area contributed by atoms with E-state index in [4.69, 9.17) is 11.1 Å². The molecule has 70 heavy (non-hydrogen) atoms. The number of nitrogens with one attached hydrogen (secondary N) is 7. The molecule has 396 valence electrons. The van der Waals surface area contributed by atoms with Gasteiger partial charge in [0.15, 0.2) is 17.5 Å². The van der Waals surface area contributed by atoms with Crippen molar-refractivity contribution in [3.63, 3.8) is 0 Å². The number of nitrogens with zero attached hydrogens (tertiary/aromatic N) is 5. The number of guanidine groups is 1. The number of carbonyl (C=O) groups is 9. The molecule has 0 aromatic carbocycles.